The van der Waals surface area contributed by atoms with Gasteiger partial charge in [-0.05, 0) is 42.0 Å². The molecule has 0 bridgehead atoms. The van der Waals surface area contributed by atoms with Crippen LogP contribution in [-0.2, 0) is 0 Å². The average Bonchev–Trinajstić information content (AvgIpc) is 2.48. The first kappa shape index (κ1) is 13.5. The summed E-state index contributed by atoms with van der Waals surface area (Å²) in [5, 5.41) is 0.750. The second-order valence-corrected chi connectivity index (χ2v) is 5.64. The lowest BCUT2D eigenvalue weighted by molar-refractivity contribution is 0.259. The fraction of sp³-hybridized carbons (Fsp3) is 0.294. The lowest BCUT2D eigenvalue weighted by Gasteiger charge is -2.28. The van der Waals surface area contributed by atoms with Crippen molar-refractivity contribution >= 4 is 11.6 Å². The van der Waals surface area contributed by atoms with E-state index in [-0.39, 0.29) is 6.04 Å². The molecule has 2 N–H and O–H groups in total. The summed E-state index contributed by atoms with van der Waals surface area (Å²) in [5.74, 6) is 1.43. The maximum absolute atomic E-state index is 6.36. The number of hydrogen-bond donors (Lipinski definition) is 1. The van der Waals surface area contributed by atoms with E-state index in [0.717, 1.165) is 35.8 Å². The Morgan fingerprint density at radius 2 is 1.90 bits per heavy atom. The van der Waals surface area contributed by atoms with Crippen molar-refractivity contribution in [3.8, 4) is 5.75 Å². The zero-order valence-corrected chi connectivity index (χ0v) is 12.0. The van der Waals surface area contributed by atoms with Crippen LogP contribution in [0.25, 0.3) is 0 Å². The van der Waals surface area contributed by atoms with Crippen molar-refractivity contribution in [1.82, 2.24) is 0 Å². The maximum Gasteiger partial charge on any atom is 0.122 e. The largest absolute Gasteiger partial charge is 0.493 e. The van der Waals surface area contributed by atoms with Gasteiger partial charge in [0.25, 0.3) is 0 Å². The summed E-state index contributed by atoms with van der Waals surface area (Å²) >= 11 is 6.23. The van der Waals surface area contributed by atoms with Crippen LogP contribution in [0.5, 0.6) is 5.75 Å². The van der Waals surface area contributed by atoms with Gasteiger partial charge in [0.1, 0.15) is 5.75 Å². The van der Waals surface area contributed by atoms with Gasteiger partial charge in [-0.15, -0.1) is 0 Å². The first-order valence-electron chi connectivity index (χ1n) is 6.97. The van der Waals surface area contributed by atoms with Gasteiger partial charge in [-0.2, -0.15) is 0 Å². The Hall–Kier alpha value is -1.51. The van der Waals surface area contributed by atoms with Crippen LogP contribution in [0, 0.1) is 0 Å². The number of para-hydroxylation sites is 1. The van der Waals surface area contributed by atoms with Gasteiger partial charge in [-0.25, -0.2) is 0 Å². The van der Waals surface area contributed by atoms with E-state index in [0.29, 0.717) is 5.92 Å². The van der Waals surface area contributed by atoms with Crippen LogP contribution in [0.2, 0.25) is 5.02 Å². The Morgan fingerprint density at radius 1 is 1.15 bits per heavy atom. The van der Waals surface area contributed by atoms with Gasteiger partial charge >= 0.3 is 0 Å². The summed E-state index contributed by atoms with van der Waals surface area (Å²) in [6.07, 6.45) is 1.90. The Morgan fingerprint density at radius 3 is 2.75 bits per heavy atom. The van der Waals surface area contributed by atoms with Gasteiger partial charge in [-0.3, -0.25) is 0 Å². The number of halogens is 1. The zero-order chi connectivity index (χ0) is 13.9. The van der Waals surface area contributed by atoms with Gasteiger partial charge < -0.3 is 10.5 Å². The summed E-state index contributed by atoms with van der Waals surface area (Å²) < 4.78 is 5.70. The van der Waals surface area contributed by atoms with Crippen LogP contribution in [0.1, 0.15) is 35.9 Å². The van der Waals surface area contributed by atoms with Crippen LogP contribution in [-0.4, -0.2) is 6.61 Å². The summed E-state index contributed by atoms with van der Waals surface area (Å²) in [5.41, 5.74) is 8.65. The molecule has 0 aliphatic carbocycles. The topological polar surface area (TPSA) is 35.2 Å². The number of ether oxygens (including phenoxy) is 1. The highest BCUT2D eigenvalue weighted by atomic mass is 35.5. The minimum Gasteiger partial charge on any atom is -0.493 e. The Bertz CT molecular complexity index is 599. The van der Waals surface area contributed by atoms with Crippen molar-refractivity contribution in [3.63, 3.8) is 0 Å². The molecule has 3 rings (SSSR count). The molecular formula is C17H18ClNO. The van der Waals surface area contributed by atoms with Gasteiger partial charge in [0.15, 0.2) is 0 Å². The highest BCUT2D eigenvalue weighted by Crippen LogP contribution is 2.39. The fourth-order valence-electron chi connectivity index (χ4n) is 2.87. The average molecular weight is 288 g/mol. The van der Waals surface area contributed by atoms with Crippen LogP contribution in [0.15, 0.2) is 48.5 Å². The molecule has 0 fully saturated rings. The number of rotatable bonds is 3. The highest BCUT2D eigenvalue weighted by molar-refractivity contribution is 6.31. The smallest absolute Gasteiger partial charge is 0.122 e. The molecule has 0 saturated heterocycles. The van der Waals surface area contributed by atoms with Crippen LogP contribution >= 0.6 is 11.6 Å². The molecule has 2 unspecified atom stereocenters. The lowest BCUT2D eigenvalue weighted by atomic mass is 9.86. The second kappa shape index (κ2) is 5.86. The summed E-state index contributed by atoms with van der Waals surface area (Å²) in [7, 11) is 0. The standard InChI is InChI=1S/C17H18ClNO/c18-15-7-3-1-6-14(15)16(19)11-12-9-10-20-17-8-4-2-5-13(12)17/h1-8,12,16H,9-11,19H2. The number of fused-ring (bicyclic) bond motifs is 1. The van der Waals surface area contributed by atoms with Crippen molar-refractivity contribution < 1.29 is 4.74 Å². The quantitative estimate of drug-likeness (QED) is 0.914. The van der Waals surface area contributed by atoms with E-state index in [2.05, 4.69) is 12.1 Å². The van der Waals surface area contributed by atoms with Crippen molar-refractivity contribution in [2.24, 2.45) is 5.73 Å². The monoisotopic (exact) mass is 287 g/mol. The van der Waals surface area contributed by atoms with Gasteiger partial charge in [0.2, 0.25) is 0 Å². The third-order valence-electron chi connectivity index (χ3n) is 3.93. The van der Waals surface area contributed by atoms with E-state index in [9.17, 15) is 0 Å². The molecule has 2 aromatic rings. The third kappa shape index (κ3) is 2.67. The lowest BCUT2D eigenvalue weighted by Crippen LogP contribution is -2.20. The van der Waals surface area contributed by atoms with Gasteiger partial charge in [-0.1, -0.05) is 48.0 Å². The maximum atomic E-state index is 6.36. The van der Waals surface area contributed by atoms with E-state index >= 15 is 0 Å². The van der Waals surface area contributed by atoms with Crippen molar-refractivity contribution in [2.45, 2.75) is 24.8 Å². The summed E-state index contributed by atoms with van der Waals surface area (Å²) in [6, 6.07) is 16.0. The molecule has 0 radical (unpaired) electrons. The normalized spacial score (nSPS) is 19.0. The predicted molar refractivity (Wildman–Crippen MR) is 82.3 cm³/mol. The van der Waals surface area contributed by atoms with Crippen molar-refractivity contribution in [2.75, 3.05) is 6.61 Å². The van der Waals surface area contributed by atoms with E-state index in [1.165, 1.54) is 5.56 Å². The Balaban J connectivity index is 1.81. The number of benzene rings is 2. The molecule has 2 aromatic carbocycles. The first-order chi connectivity index (χ1) is 9.75. The second-order valence-electron chi connectivity index (χ2n) is 5.24. The van der Waals surface area contributed by atoms with Gasteiger partial charge in [0, 0.05) is 11.1 Å². The zero-order valence-electron chi connectivity index (χ0n) is 11.3. The Kier molecular flexibility index (Phi) is 3.95. The third-order valence-corrected chi connectivity index (χ3v) is 4.27. The fourth-order valence-corrected chi connectivity index (χ4v) is 3.15. The van der Waals surface area contributed by atoms with E-state index in [1.807, 2.05) is 36.4 Å². The first-order valence-corrected chi connectivity index (χ1v) is 7.35. The molecule has 2 nitrogen and oxygen atoms in total. The molecule has 0 saturated carbocycles. The van der Waals surface area contributed by atoms with Crippen molar-refractivity contribution in [3.05, 3.63) is 64.7 Å². The molecular weight excluding hydrogens is 270 g/mol. The molecule has 1 aliphatic heterocycles. The molecule has 1 aliphatic rings. The Labute approximate surface area is 124 Å². The minimum atomic E-state index is -0.0418. The van der Waals surface area contributed by atoms with Crippen LogP contribution in [0.3, 0.4) is 0 Å². The molecule has 104 valence electrons. The summed E-state index contributed by atoms with van der Waals surface area (Å²) in [4.78, 5) is 0. The minimum absolute atomic E-state index is 0.0418. The molecule has 0 amide bonds. The SMILES string of the molecule is NC(CC1CCOc2ccccc21)c1ccccc1Cl. The molecule has 1 heterocycles. The molecule has 3 heteroatoms. The highest BCUT2D eigenvalue weighted by Gasteiger charge is 2.24. The molecule has 0 aromatic heterocycles. The van der Waals surface area contributed by atoms with E-state index < -0.39 is 0 Å². The van der Waals surface area contributed by atoms with Crippen LogP contribution < -0.4 is 10.5 Å². The number of nitrogens with two attached hydrogens (primary N) is 1. The molecule has 0 spiro atoms. The van der Waals surface area contributed by atoms with Crippen molar-refractivity contribution in [1.29, 1.82) is 0 Å². The predicted octanol–water partition coefficient (Wildman–Crippen LogP) is 4.30. The van der Waals surface area contributed by atoms with Crippen LogP contribution in [0.4, 0.5) is 0 Å². The van der Waals surface area contributed by atoms with E-state index in [1.54, 1.807) is 0 Å². The molecule has 2 atom stereocenters. The van der Waals surface area contributed by atoms with Gasteiger partial charge in [0.05, 0.1) is 6.61 Å². The molecule has 20 heavy (non-hydrogen) atoms. The summed E-state index contributed by atoms with van der Waals surface area (Å²) in [6.45, 7) is 0.761. The number of hydrogen-bond acceptors (Lipinski definition) is 2. The van der Waals surface area contributed by atoms with E-state index in [4.69, 9.17) is 22.1 Å².